The van der Waals surface area contributed by atoms with Crippen LogP contribution in [0.2, 0.25) is 0 Å². The van der Waals surface area contributed by atoms with Gasteiger partial charge in [-0.3, -0.25) is 4.79 Å². The molecule has 0 aliphatic carbocycles. The highest BCUT2D eigenvalue weighted by Crippen LogP contribution is 2.24. The SMILES string of the molecule is CC(C)C[C@@H](NC(=O)CSc1nnc(-c2ccco2)n1C)c1ccccc1. The minimum atomic E-state index is -0.0166. The zero-order valence-electron chi connectivity index (χ0n) is 15.8. The summed E-state index contributed by atoms with van der Waals surface area (Å²) in [5, 5.41) is 12.1. The van der Waals surface area contributed by atoms with E-state index in [0.29, 0.717) is 22.7 Å². The van der Waals surface area contributed by atoms with Gasteiger partial charge in [-0.05, 0) is 30.0 Å². The van der Waals surface area contributed by atoms with Crippen LogP contribution in [0.4, 0.5) is 0 Å². The number of furan rings is 1. The molecule has 3 rings (SSSR count). The van der Waals surface area contributed by atoms with Gasteiger partial charge in [-0.15, -0.1) is 10.2 Å². The molecule has 0 aliphatic rings. The number of thioether (sulfide) groups is 1. The van der Waals surface area contributed by atoms with Gasteiger partial charge < -0.3 is 14.3 Å². The summed E-state index contributed by atoms with van der Waals surface area (Å²) < 4.78 is 7.20. The van der Waals surface area contributed by atoms with E-state index >= 15 is 0 Å². The number of benzene rings is 1. The first-order valence-corrected chi connectivity index (χ1v) is 9.93. The van der Waals surface area contributed by atoms with E-state index in [-0.39, 0.29) is 17.7 Å². The number of nitrogens with one attached hydrogen (secondary N) is 1. The van der Waals surface area contributed by atoms with Crippen LogP contribution in [0.15, 0.2) is 58.3 Å². The molecule has 1 aromatic carbocycles. The zero-order chi connectivity index (χ0) is 19.2. The molecule has 1 N–H and O–H groups in total. The van der Waals surface area contributed by atoms with Gasteiger partial charge in [0.05, 0.1) is 18.1 Å². The van der Waals surface area contributed by atoms with Crippen LogP contribution >= 0.6 is 11.8 Å². The summed E-state index contributed by atoms with van der Waals surface area (Å²) in [7, 11) is 1.86. The van der Waals surface area contributed by atoms with Crippen molar-refractivity contribution < 1.29 is 9.21 Å². The number of aromatic nitrogens is 3. The Balaban J connectivity index is 1.61. The third kappa shape index (κ3) is 5.01. The maximum absolute atomic E-state index is 12.5. The Morgan fingerprint density at radius 3 is 2.63 bits per heavy atom. The van der Waals surface area contributed by atoms with Crippen molar-refractivity contribution in [1.82, 2.24) is 20.1 Å². The van der Waals surface area contributed by atoms with Crippen LogP contribution < -0.4 is 5.32 Å². The second-order valence-corrected chi connectivity index (χ2v) is 7.73. The molecule has 0 saturated carbocycles. The van der Waals surface area contributed by atoms with Gasteiger partial charge in [0.25, 0.3) is 0 Å². The molecule has 1 atom stereocenters. The summed E-state index contributed by atoms with van der Waals surface area (Å²) in [6.07, 6.45) is 2.50. The molecule has 0 bridgehead atoms. The molecule has 3 aromatic rings. The van der Waals surface area contributed by atoms with Crippen molar-refractivity contribution in [3.63, 3.8) is 0 Å². The molecule has 0 saturated heterocycles. The average molecular weight is 385 g/mol. The molecule has 0 radical (unpaired) electrons. The van der Waals surface area contributed by atoms with Gasteiger partial charge in [-0.1, -0.05) is 55.9 Å². The van der Waals surface area contributed by atoms with Gasteiger partial charge in [0.15, 0.2) is 16.7 Å². The fourth-order valence-corrected chi connectivity index (χ4v) is 3.58. The predicted octanol–water partition coefficient (Wildman–Crippen LogP) is 4.07. The van der Waals surface area contributed by atoms with E-state index < -0.39 is 0 Å². The lowest BCUT2D eigenvalue weighted by molar-refractivity contribution is -0.119. The first-order chi connectivity index (χ1) is 13.0. The van der Waals surface area contributed by atoms with E-state index in [2.05, 4.69) is 41.5 Å². The molecule has 27 heavy (non-hydrogen) atoms. The summed E-state index contributed by atoms with van der Waals surface area (Å²) in [5.41, 5.74) is 1.13. The molecule has 2 aromatic heterocycles. The van der Waals surface area contributed by atoms with E-state index in [1.807, 2.05) is 41.9 Å². The second kappa shape index (κ2) is 8.90. The lowest BCUT2D eigenvalue weighted by Gasteiger charge is -2.21. The number of hydrogen-bond donors (Lipinski definition) is 1. The molecule has 0 spiro atoms. The molecule has 7 heteroatoms. The van der Waals surface area contributed by atoms with E-state index in [1.54, 1.807) is 6.26 Å². The van der Waals surface area contributed by atoms with E-state index in [0.717, 1.165) is 12.0 Å². The highest BCUT2D eigenvalue weighted by Gasteiger charge is 2.18. The second-order valence-electron chi connectivity index (χ2n) is 6.79. The summed E-state index contributed by atoms with van der Waals surface area (Å²) in [5.74, 6) is 2.05. The normalized spacial score (nSPS) is 12.3. The van der Waals surface area contributed by atoms with Crippen LogP contribution in [0.3, 0.4) is 0 Å². The average Bonchev–Trinajstić information content (AvgIpc) is 3.29. The topological polar surface area (TPSA) is 73.0 Å². The lowest BCUT2D eigenvalue weighted by atomic mass is 9.97. The van der Waals surface area contributed by atoms with Crippen molar-refractivity contribution in [3.05, 3.63) is 54.3 Å². The Labute approximate surface area is 163 Å². The molecule has 0 aliphatic heterocycles. The summed E-state index contributed by atoms with van der Waals surface area (Å²) in [4.78, 5) is 12.5. The van der Waals surface area contributed by atoms with Gasteiger partial charge in [-0.2, -0.15) is 0 Å². The van der Waals surface area contributed by atoms with E-state index in [9.17, 15) is 4.79 Å². The van der Waals surface area contributed by atoms with Crippen molar-refractivity contribution in [2.45, 2.75) is 31.5 Å². The zero-order valence-corrected chi connectivity index (χ0v) is 16.6. The van der Waals surface area contributed by atoms with E-state index in [1.165, 1.54) is 11.8 Å². The molecule has 0 unspecified atom stereocenters. The summed E-state index contributed by atoms with van der Waals surface area (Å²) >= 11 is 1.36. The van der Waals surface area contributed by atoms with Crippen LogP contribution in [0.25, 0.3) is 11.6 Å². The lowest BCUT2D eigenvalue weighted by Crippen LogP contribution is -2.31. The number of hydrogen-bond acceptors (Lipinski definition) is 5. The molecular weight excluding hydrogens is 360 g/mol. The van der Waals surface area contributed by atoms with Gasteiger partial charge in [-0.25, -0.2) is 0 Å². The van der Waals surface area contributed by atoms with Gasteiger partial charge in [0.1, 0.15) is 0 Å². The molecule has 1 amide bonds. The van der Waals surface area contributed by atoms with Gasteiger partial charge in [0.2, 0.25) is 5.91 Å². The van der Waals surface area contributed by atoms with E-state index in [4.69, 9.17) is 4.42 Å². The highest BCUT2D eigenvalue weighted by molar-refractivity contribution is 7.99. The third-order valence-corrected chi connectivity index (χ3v) is 5.17. The number of rotatable bonds is 8. The maximum Gasteiger partial charge on any atom is 0.230 e. The number of carbonyl (C=O) groups is 1. The predicted molar refractivity (Wildman–Crippen MR) is 106 cm³/mol. The minimum Gasteiger partial charge on any atom is -0.461 e. The van der Waals surface area contributed by atoms with Crippen LogP contribution in [0.5, 0.6) is 0 Å². The minimum absolute atomic E-state index is 0.0116. The number of amides is 1. The molecular formula is C20H24N4O2S. The van der Waals surface area contributed by atoms with Gasteiger partial charge >= 0.3 is 0 Å². The highest BCUT2D eigenvalue weighted by atomic mass is 32.2. The van der Waals surface area contributed by atoms with Crippen LogP contribution in [-0.2, 0) is 11.8 Å². The first-order valence-electron chi connectivity index (χ1n) is 8.95. The van der Waals surface area contributed by atoms with Gasteiger partial charge in [0, 0.05) is 7.05 Å². The van der Waals surface area contributed by atoms with Crippen molar-refractivity contribution in [2.75, 3.05) is 5.75 Å². The molecule has 2 heterocycles. The number of carbonyl (C=O) groups excluding carboxylic acids is 1. The fourth-order valence-electron chi connectivity index (χ4n) is 2.86. The Morgan fingerprint density at radius 2 is 1.96 bits per heavy atom. The molecule has 0 fully saturated rings. The quantitative estimate of drug-likeness (QED) is 0.593. The van der Waals surface area contributed by atoms with Crippen molar-refractivity contribution in [2.24, 2.45) is 13.0 Å². The molecule has 142 valence electrons. The first kappa shape index (κ1) is 19.2. The Morgan fingerprint density at radius 1 is 1.19 bits per heavy atom. The maximum atomic E-state index is 12.5. The largest absolute Gasteiger partial charge is 0.461 e. The fraction of sp³-hybridized carbons (Fsp3) is 0.350. The molecule has 6 nitrogen and oxygen atoms in total. The van der Waals surface area contributed by atoms with Crippen LogP contribution in [0.1, 0.15) is 31.9 Å². The van der Waals surface area contributed by atoms with Crippen LogP contribution in [-0.4, -0.2) is 26.4 Å². The van der Waals surface area contributed by atoms with Crippen molar-refractivity contribution in [1.29, 1.82) is 0 Å². The van der Waals surface area contributed by atoms with Crippen LogP contribution in [0, 0.1) is 5.92 Å². The Bertz CT molecular complexity index is 860. The van der Waals surface area contributed by atoms with Crippen molar-refractivity contribution >= 4 is 17.7 Å². The Kier molecular flexibility index (Phi) is 6.34. The standard InChI is InChI=1S/C20H24N4O2S/c1-14(2)12-16(15-8-5-4-6-9-15)21-18(25)13-27-20-23-22-19(24(20)3)17-10-7-11-26-17/h4-11,14,16H,12-13H2,1-3H3,(H,21,25)/t16-/m1/s1. The summed E-state index contributed by atoms with van der Waals surface area (Å²) in [6, 6.07) is 13.7. The van der Waals surface area contributed by atoms with Crippen molar-refractivity contribution in [3.8, 4) is 11.6 Å². The Hall–Kier alpha value is -2.54. The third-order valence-electron chi connectivity index (χ3n) is 4.15. The smallest absolute Gasteiger partial charge is 0.230 e. The summed E-state index contributed by atoms with van der Waals surface area (Å²) in [6.45, 7) is 4.32. The monoisotopic (exact) mass is 384 g/mol. The number of nitrogens with zero attached hydrogens (tertiary/aromatic N) is 3.